The highest BCUT2D eigenvalue weighted by atomic mass is 35.5. The Morgan fingerprint density at radius 2 is 1.33 bits per heavy atom. The zero-order valence-corrected chi connectivity index (χ0v) is 18.9. The van der Waals surface area contributed by atoms with Crippen LogP contribution in [0.5, 0.6) is 0 Å². The molecule has 0 amide bonds. The second-order valence-corrected chi connectivity index (χ2v) is 7.40. The highest BCUT2D eigenvalue weighted by molar-refractivity contribution is 6.45. The Morgan fingerprint density at radius 3 is 1.67 bits per heavy atom. The number of ketones is 1. The first-order chi connectivity index (χ1) is 12.8. The average molecular weight is 431 g/mol. The molecule has 0 fully saturated rings. The number of esters is 1. The fraction of sp³-hybridized carbons (Fsp3) is 0.900. The van der Waals surface area contributed by atoms with Gasteiger partial charge in [-0.3, -0.25) is 9.59 Å². The van der Waals surface area contributed by atoms with Crippen LogP contribution in [0.25, 0.3) is 0 Å². The van der Waals surface area contributed by atoms with Crippen molar-refractivity contribution >= 4 is 35.0 Å². The minimum absolute atomic E-state index is 0.0231. The fourth-order valence-electron chi connectivity index (χ4n) is 1.92. The molecular weight excluding hydrogens is 391 g/mol. The van der Waals surface area contributed by atoms with Crippen LogP contribution in [0.2, 0.25) is 0 Å². The molecule has 0 atom stereocenters. The van der Waals surface area contributed by atoms with Gasteiger partial charge in [0.2, 0.25) is 0 Å². The summed E-state index contributed by atoms with van der Waals surface area (Å²) in [5.41, 5.74) is 0. The molecule has 0 bridgehead atoms. The van der Waals surface area contributed by atoms with Gasteiger partial charge in [0.05, 0.1) is 6.61 Å². The van der Waals surface area contributed by atoms with Gasteiger partial charge in [0.25, 0.3) is 0 Å². The van der Waals surface area contributed by atoms with Crippen LogP contribution >= 0.6 is 23.2 Å². The molecule has 0 heterocycles. The van der Waals surface area contributed by atoms with Crippen molar-refractivity contribution in [3.05, 3.63) is 0 Å². The van der Waals surface area contributed by atoms with E-state index in [2.05, 4.69) is 11.7 Å². The highest BCUT2D eigenvalue weighted by Gasteiger charge is 2.00. The molecule has 5 nitrogen and oxygen atoms in total. The highest BCUT2D eigenvalue weighted by Crippen LogP contribution is 2.07. The van der Waals surface area contributed by atoms with Crippen molar-refractivity contribution in [3.63, 3.8) is 0 Å². The topological polar surface area (TPSA) is 83.8 Å². The molecule has 0 saturated carbocycles. The molecule has 0 unspecified atom stereocenters. The Labute approximate surface area is 175 Å². The molecule has 0 aliphatic rings. The Morgan fingerprint density at radius 1 is 0.852 bits per heavy atom. The van der Waals surface area contributed by atoms with E-state index in [-0.39, 0.29) is 24.8 Å². The smallest absolute Gasteiger partial charge is 0.305 e. The Kier molecular flexibility index (Phi) is 32.3. The molecule has 0 rings (SSSR count). The summed E-state index contributed by atoms with van der Waals surface area (Å²) < 4.78 is 4.59. The van der Waals surface area contributed by atoms with E-state index in [9.17, 15) is 9.59 Å². The predicted octanol–water partition coefficient (Wildman–Crippen LogP) is 5.21. The van der Waals surface area contributed by atoms with E-state index in [0.717, 1.165) is 6.42 Å². The van der Waals surface area contributed by atoms with Crippen LogP contribution < -0.4 is 0 Å². The van der Waals surface area contributed by atoms with Gasteiger partial charge in [-0.2, -0.15) is 0 Å². The number of hydrogen-bond donors (Lipinski definition) is 2. The van der Waals surface area contributed by atoms with Gasteiger partial charge in [0.15, 0.2) is 0 Å². The number of ether oxygens (including phenoxy) is 1. The van der Waals surface area contributed by atoms with E-state index in [1.807, 2.05) is 0 Å². The predicted molar refractivity (Wildman–Crippen MR) is 113 cm³/mol. The summed E-state index contributed by atoms with van der Waals surface area (Å²) in [5.74, 6) is -0.207. The van der Waals surface area contributed by atoms with E-state index in [4.69, 9.17) is 33.4 Å². The summed E-state index contributed by atoms with van der Waals surface area (Å²) in [6, 6.07) is 0. The number of alkyl halides is 2. The number of carbonyl (C=O) groups excluding carboxylic acids is 2. The minimum Gasteiger partial charge on any atom is -0.466 e. The summed E-state index contributed by atoms with van der Waals surface area (Å²) in [7, 11) is 0. The van der Waals surface area contributed by atoms with Gasteiger partial charge in [0, 0.05) is 26.1 Å². The van der Waals surface area contributed by atoms with Crippen LogP contribution in [0.1, 0.15) is 91.4 Å². The Balaban J connectivity index is -0.000000329. The lowest BCUT2D eigenvalue weighted by molar-refractivity contribution is -0.143. The molecular formula is C20H40Cl2O5. The number of rotatable bonds is 14. The van der Waals surface area contributed by atoms with Crippen molar-refractivity contribution in [2.75, 3.05) is 19.8 Å². The summed E-state index contributed by atoms with van der Waals surface area (Å²) in [5, 5.41) is 16.8. The molecule has 27 heavy (non-hydrogen) atoms. The van der Waals surface area contributed by atoms with Crippen molar-refractivity contribution in [1.29, 1.82) is 0 Å². The standard InChI is InChI=1S/C10H22O.C6H12O3.C4H6Cl2O/c1-2-3-4-5-6-7-8-9-10-11;1-2-9-6(8)4-3-5-7;1-3(7)2-4(5)6/h11H,2-10H2,1H3;7H,2-5H2,1H3;4H,2H2,1H3. The molecule has 2 N–H and O–H groups in total. The normalized spacial score (nSPS) is 9.78. The summed E-state index contributed by atoms with van der Waals surface area (Å²) in [6.45, 7) is 6.30. The van der Waals surface area contributed by atoms with Gasteiger partial charge >= 0.3 is 5.97 Å². The second kappa shape index (κ2) is 27.9. The molecule has 0 aromatic carbocycles. The number of halogens is 2. The number of Topliss-reactive ketones (excluding diaryl/α,β-unsaturated/α-hetero) is 1. The molecule has 0 saturated heterocycles. The lowest BCUT2D eigenvalue weighted by Crippen LogP contribution is -2.03. The molecule has 164 valence electrons. The summed E-state index contributed by atoms with van der Waals surface area (Å²) >= 11 is 10.4. The maximum Gasteiger partial charge on any atom is 0.305 e. The summed E-state index contributed by atoms with van der Waals surface area (Å²) in [6.07, 6.45) is 11.5. The van der Waals surface area contributed by atoms with Gasteiger partial charge in [-0.25, -0.2) is 0 Å². The first-order valence-corrected chi connectivity index (χ1v) is 10.9. The zero-order valence-electron chi connectivity index (χ0n) is 17.4. The van der Waals surface area contributed by atoms with Crippen LogP contribution in [-0.4, -0.2) is 46.6 Å². The summed E-state index contributed by atoms with van der Waals surface area (Å²) in [4.78, 5) is 20.0. The van der Waals surface area contributed by atoms with E-state index in [1.54, 1.807) is 6.92 Å². The SMILES string of the molecule is CC(=O)CC(Cl)Cl.CCCCCCCCCCO.CCOC(=O)CCCO. The molecule has 0 aromatic heterocycles. The van der Waals surface area contributed by atoms with Gasteiger partial charge in [-0.15, -0.1) is 23.2 Å². The second-order valence-electron chi connectivity index (χ2n) is 6.13. The van der Waals surface area contributed by atoms with E-state index >= 15 is 0 Å². The van der Waals surface area contributed by atoms with Crippen molar-refractivity contribution in [2.24, 2.45) is 0 Å². The molecule has 0 aliphatic heterocycles. The number of hydrogen-bond acceptors (Lipinski definition) is 5. The Bertz CT molecular complexity index is 305. The van der Waals surface area contributed by atoms with Crippen LogP contribution in [0.3, 0.4) is 0 Å². The van der Waals surface area contributed by atoms with Crippen molar-refractivity contribution in [1.82, 2.24) is 0 Å². The monoisotopic (exact) mass is 430 g/mol. The number of aliphatic hydroxyl groups is 2. The van der Waals surface area contributed by atoms with E-state index in [1.165, 1.54) is 51.9 Å². The maximum absolute atomic E-state index is 10.5. The first-order valence-electron chi connectivity index (χ1n) is 10.00. The third-order valence-corrected chi connectivity index (χ3v) is 3.61. The lowest BCUT2D eigenvalue weighted by atomic mass is 10.1. The Hall–Kier alpha value is -0.360. The molecule has 7 heteroatoms. The number of aliphatic hydroxyl groups excluding tert-OH is 2. The quantitative estimate of drug-likeness (QED) is 0.224. The first kappa shape index (κ1) is 31.3. The third kappa shape index (κ3) is 41.2. The van der Waals surface area contributed by atoms with Crippen LogP contribution in [0.4, 0.5) is 0 Å². The van der Waals surface area contributed by atoms with E-state index in [0.29, 0.717) is 26.1 Å². The van der Waals surface area contributed by atoms with Crippen LogP contribution in [0, 0.1) is 0 Å². The van der Waals surface area contributed by atoms with Crippen molar-refractivity contribution in [2.45, 2.75) is 96.2 Å². The minimum atomic E-state index is -0.530. The lowest BCUT2D eigenvalue weighted by Gasteiger charge is -1.98. The third-order valence-electron chi connectivity index (χ3n) is 3.30. The van der Waals surface area contributed by atoms with Crippen molar-refractivity contribution in [3.8, 4) is 0 Å². The fourth-order valence-corrected chi connectivity index (χ4v) is 2.35. The maximum atomic E-state index is 10.5. The van der Waals surface area contributed by atoms with Crippen LogP contribution in [-0.2, 0) is 14.3 Å². The molecule has 0 spiro atoms. The van der Waals surface area contributed by atoms with E-state index < -0.39 is 4.84 Å². The molecule has 0 aliphatic carbocycles. The van der Waals surface area contributed by atoms with Gasteiger partial charge in [0.1, 0.15) is 10.6 Å². The van der Waals surface area contributed by atoms with Gasteiger partial charge in [-0.1, -0.05) is 51.9 Å². The molecule has 0 radical (unpaired) electrons. The van der Waals surface area contributed by atoms with Crippen molar-refractivity contribution < 1.29 is 24.5 Å². The average Bonchev–Trinajstić information content (AvgIpc) is 2.59. The number of carbonyl (C=O) groups is 2. The van der Waals surface area contributed by atoms with Gasteiger partial charge < -0.3 is 14.9 Å². The van der Waals surface area contributed by atoms with Crippen LogP contribution in [0.15, 0.2) is 0 Å². The largest absolute Gasteiger partial charge is 0.466 e. The molecule has 0 aromatic rings. The zero-order chi connectivity index (χ0) is 21.3. The number of unbranched alkanes of at least 4 members (excludes halogenated alkanes) is 7. The van der Waals surface area contributed by atoms with Gasteiger partial charge in [-0.05, 0) is 26.7 Å².